The number of aromatic nitrogens is 1. The Hall–Kier alpha value is -1.63. The zero-order valence-electron chi connectivity index (χ0n) is 11.5. The molecule has 2 rings (SSSR count). The summed E-state index contributed by atoms with van der Waals surface area (Å²) in [6, 6.07) is 14.9. The third-order valence-corrected chi connectivity index (χ3v) is 3.20. The summed E-state index contributed by atoms with van der Waals surface area (Å²) in [7, 11) is 0. The molecule has 0 fully saturated rings. The van der Waals surface area contributed by atoms with Gasteiger partial charge in [0.15, 0.2) is 0 Å². The van der Waals surface area contributed by atoms with Crippen LogP contribution < -0.4 is 0 Å². The first-order valence-electron chi connectivity index (χ1n) is 6.55. The Bertz CT molecular complexity index is 495. The predicted octanol–water partition coefficient (Wildman–Crippen LogP) is 4.16. The van der Waals surface area contributed by atoms with E-state index in [4.69, 9.17) is 0 Å². The van der Waals surface area contributed by atoms with Gasteiger partial charge in [-0.25, -0.2) is 0 Å². The zero-order valence-corrected chi connectivity index (χ0v) is 11.5. The molecule has 0 amide bonds. The van der Waals surface area contributed by atoms with E-state index in [0.29, 0.717) is 0 Å². The molecule has 0 bridgehead atoms. The van der Waals surface area contributed by atoms with E-state index in [0.717, 1.165) is 12.8 Å². The van der Waals surface area contributed by atoms with E-state index in [9.17, 15) is 0 Å². The summed E-state index contributed by atoms with van der Waals surface area (Å²) < 4.78 is 0. The van der Waals surface area contributed by atoms with E-state index in [2.05, 4.69) is 68.2 Å². The van der Waals surface area contributed by atoms with Crippen LogP contribution in [0.4, 0.5) is 0 Å². The van der Waals surface area contributed by atoms with Crippen LogP contribution in [0, 0.1) is 0 Å². The SMILES string of the molecule is CC(C)(C)c1ccnc(CCc2ccccc2)c1. The molecule has 0 aliphatic rings. The first kappa shape index (κ1) is 12.8. The Morgan fingerprint density at radius 2 is 1.67 bits per heavy atom. The highest BCUT2D eigenvalue weighted by Crippen LogP contribution is 2.22. The second-order valence-corrected chi connectivity index (χ2v) is 5.77. The topological polar surface area (TPSA) is 12.9 Å². The van der Waals surface area contributed by atoms with Crippen molar-refractivity contribution in [2.24, 2.45) is 0 Å². The van der Waals surface area contributed by atoms with Crippen molar-refractivity contribution in [1.29, 1.82) is 0 Å². The fraction of sp³-hybridized carbons (Fsp3) is 0.353. The minimum atomic E-state index is 0.199. The number of benzene rings is 1. The highest BCUT2D eigenvalue weighted by atomic mass is 14.7. The minimum absolute atomic E-state index is 0.199. The van der Waals surface area contributed by atoms with Crippen molar-refractivity contribution < 1.29 is 0 Å². The van der Waals surface area contributed by atoms with E-state index in [1.165, 1.54) is 16.8 Å². The molecule has 0 aliphatic carbocycles. The number of rotatable bonds is 3. The summed E-state index contributed by atoms with van der Waals surface area (Å²) in [5, 5.41) is 0. The van der Waals surface area contributed by atoms with Crippen molar-refractivity contribution in [1.82, 2.24) is 4.98 Å². The Balaban J connectivity index is 2.06. The standard InChI is InChI=1S/C17H21N/c1-17(2,3)15-11-12-18-16(13-15)10-9-14-7-5-4-6-8-14/h4-8,11-13H,9-10H2,1-3H3. The highest BCUT2D eigenvalue weighted by Gasteiger charge is 2.13. The van der Waals surface area contributed by atoms with Gasteiger partial charge in [-0.2, -0.15) is 0 Å². The first-order chi connectivity index (χ1) is 8.55. The quantitative estimate of drug-likeness (QED) is 0.783. The van der Waals surface area contributed by atoms with Crippen LogP contribution in [0.15, 0.2) is 48.7 Å². The average molecular weight is 239 g/mol. The van der Waals surface area contributed by atoms with Crippen LogP contribution in [-0.2, 0) is 18.3 Å². The lowest BCUT2D eigenvalue weighted by molar-refractivity contribution is 0.587. The maximum Gasteiger partial charge on any atom is 0.0409 e. The second kappa shape index (κ2) is 5.34. The number of aryl methyl sites for hydroxylation is 2. The van der Waals surface area contributed by atoms with E-state index in [-0.39, 0.29) is 5.41 Å². The molecule has 0 spiro atoms. The molecular formula is C17H21N. The first-order valence-corrected chi connectivity index (χ1v) is 6.55. The monoisotopic (exact) mass is 239 g/mol. The molecule has 0 N–H and O–H groups in total. The Kier molecular flexibility index (Phi) is 3.81. The molecule has 0 atom stereocenters. The zero-order chi connectivity index (χ0) is 13.0. The summed E-state index contributed by atoms with van der Waals surface area (Å²) in [4.78, 5) is 4.47. The fourth-order valence-corrected chi connectivity index (χ4v) is 2.00. The number of nitrogens with zero attached hydrogens (tertiary/aromatic N) is 1. The lowest BCUT2D eigenvalue weighted by Crippen LogP contribution is -2.12. The van der Waals surface area contributed by atoms with Gasteiger partial charge in [-0.05, 0) is 41.5 Å². The van der Waals surface area contributed by atoms with Gasteiger partial charge < -0.3 is 0 Å². The fourth-order valence-electron chi connectivity index (χ4n) is 2.00. The Morgan fingerprint density at radius 1 is 0.944 bits per heavy atom. The molecule has 0 unspecified atom stereocenters. The molecule has 1 nitrogen and oxygen atoms in total. The third kappa shape index (κ3) is 3.43. The molecule has 0 saturated carbocycles. The molecule has 18 heavy (non-hydrogen) atoms. The maximum absolute atomic E-state index is 4.47. The van der Waals surface area contributed by atoms with Gasteiger partial charge in [0.25, 0.3) is 0 Å². The van der Waals surface area contributed by atoms with Crippen molar-refractivity contribution in [3.05, 3.63) is 65.5 Å². The van der Waals surface area contributed by atoms with E-state index in [1.54, 1.807) is 0 Å². The van der Waals surface area contributed by atoms with Gasteiger partial charge in [0, 0.05) is 11.9 Å². The molecule has 1 aromatic heterocycles. The maximum atomic E-state index is 4.47. The molecular weight excluding hydrogens is 218 g/mol. The van der Waals surface area contributed by atoms with Gasteiger partial charge in [-0.1, -0.05) is 51.1 Å². The lowest BCUT2D eigenvalue weighted by atomic mass is 9.87. The third-order valence-electron chi connectivity index (χ3n) is 3.20. The van der Waals surface area contributed by atoms with Crippen LogP contribution in [-0.4, -0.2) is 4.98 Å². The summed E-state index contributed by atoms with van der Waals surface area (Å²) >= 11 is 0. The molecule has 0 aliphatic heterocycles. The van der Waals surface area contributed by atoms with E-state index in [1.807, 2.05) is 6.20 Å². The normalized spacial score (nSPS) is 11.5. The van der Waals surface area contributed by atoms with Crippen molar-refractivity contribution in [2.75, 3.05) is 0 Å². The molecule has 0 saturated heterocycles. The van der Waals surface area contributed by atoms with Gasteiger partial charge in [-0.15, -0.1) is 0 Å². The second-order valence-electron chi connectivity index (χ2n) is 5.77. The van der Waals surface area contributed by atoms with Gasteiger partial charge in [0.2, 0.25) is 0 Å². The van der Waals surface area contributed by atoms with Crippen LogP contribution in [0.2, 0.25) is 0 Å². The minimum Gasteiger partial charge on any atom is -0.261 e. The molecule has 1 heteroatoms. The van der Waals surface area contributed by atoms with Crippen molar-refractivity contribution in [3.63, 3.8) is 0 Å². The molecule has 1 aromatic carbocycles. The van der Waals surface area contributed by atoms with Crippen LogP contribution in [0.1, 0.15) is 37.6 Å². The van der Waals surface area contributed by atoms with Crippen LogP contribution in [0.3, 0.4) is 0 Å². The van der Waals surface area contributed by atoms with Crippen molar-refractivity contribution >= 4 is 0 Å². The summed E-state index contributed by atoms with van der Waals surface area (Å²) in [6.07, 6.45) is 4.00. The van der Waals surface area contributed by atoms with Crippen molar-refractivity contribution in [3.8, 4) is 0 Å². The largest absolute Gasteiger partial charge is 0.261 e. The lowest BCUT2D eigenvalue weighted by Gasteiger charge is -2.19. The highest BCUT2D eigenvalue weighted by molar-refractivity contribution is 5.24. The smallest absolute Gasteiger partial charge is 0.0409 e. The van der Waals surface area contributed by atoms with Gasteiger partial charge in [-0.3, -0.25) is 4.98 Å². The van der Waals surface area contributed by atoms with E-state index < -0.39 is 0 Å². The number of hydrogen-bond acceptors (Lipinski definition) is 1. The van der Waals surface area contributed by atoms with Gasteiger partial charge in [0.1, 0.15) is 0 Å². The molecule has 0 radical (unpaired) electrons. The number of hydrogen-bond donors (Lipinski definition) is 0. The number of pyridine rings is 1. The Morgan fingerprint density at radius 3 is 2.33 bits per heavy atom. The average Bonchev–Trinajstić information content (AvgIpc) is 2.37. The van der Waals surface area contributed by atoms with Gasteiger partial charge >= 0.3 is 0 Å². The predicted molar refractivity (Wildman–Crippen MR) is 76.8 cm³/mol. The molecule has 1 heterocycles. The van der Waals surface area contributed by atoms with Crippen LogP contribution >= 0.6 is 0 Å². The van der Waals surface area contributed by atoms with Crippen LogP contribution in [0.5, 0.6) is 0 Å². The summed E-state index contributed by atoms with van der Waals surface area (Å²) in [5.74, 6) is 0. The molecule has 94 valence electrons. The molecule has 2 aromatic rings. The summed E-state index contributed by atoms with van der Waals surface area (Å²) in [6.45, 7) is 6.72. The van der Waals surface area contributed by atoms with Crippen LogP contribution in [0.25, 0.3) is 0 Å². The van der Waals surface area contributed by atoms with E-state index >= 15 is 0 Å². The van der Waals surface area contributed by atoms with Crippen molar-refractivity contribution in [2.45, 2.75) is 39.0 Å². The van der Waals surface area contributed by atoms with Gasteiger partial charge in [0.05, 0.1) is 0 Å². The Labute approximate surface area is 110 Å². The summed E-state index contributed by atoms with van der Waals surface area (Å²) in [5.41, 5.74) is 4.12.